The number of amides is 2. The molecule has 11 heteroatoms. The van der Waals surface area contributed by atoms with Gasteiger partial charge in [0.15, 0.2) is 5.16 Å². The van der Waals surface area contributed by atoms with Gasteiger partial charge in [-0.15, -0.1) is 10.2 Å². The van der Waals surface area contributed by atoms with E-state index in [1.54, 1.807) is 6.07 Å². The van der Waals surface area contributed by atoms with Crippen molar-refractivity contribution in [1.29, 1.82) is 0 Å². The van der Waals surface area contributed by atoms with E-state index in [9.17, 15) is 9.59 Å². The van der Waals surface area contributed by atoms with Crippen LogP contribution in [-0.4, -0.2) is 77.9 Å². The van der Waals surface area contributed by atoms with E-state index in [-0.39, 0.29) is 30.2 Å². The van der Waals surface area contributed by atoms with Crippen LogP contribution in [0.1, 0.15) is 12.8 Å². The van der Waals surface area contributed by atoms with Crippen LogP contribution in [0.2, 0.25) is 0 Å². The van der Waals surface area contributed by atoms with E-state index in [4.69, 9.17) is 9.47 Å². The number of morpholine rings is 1. The molecule has 2 fully saturated rings. The zero-order valence-corrected chi connectivity index (χ0v) is 18.6. The van der Waals surface area contributed by atoms with Gasteiger partial charge in [0, 0.05) is 19.7 Å². The number of rotatable bonds is 6. The minimum atomic E-state index is -0.196. The maximum atomic E-state index is 13.1. The van der Waals surface area contributed by atoms with Crippen LogP contribution in [0.3, 0.4) is 0 Å². The van der Waals surface area contributed by atoms with Crippen molar-refractivity contribution in [3.8, 4) is 0 Å². The minimum Gasteiger partial charge on any atom is -0.378 e. The summed E-state index contributed by atoms with van der Waals surface area (Å²) in [5, 5.41) is 12.3. The summed E-state index contributed by atoms with van der Waals surface area (Å²) in [7, 11) is 0. The number of hydrogen-bond donors (Lipinski definition) is 1. The zero-order chi connectivity index (χ0) is 21.9. The van der Waals surface area contributed by atoms with Gasteiger partial charge in [0.25, 0.3) is 0 Å². The van der Waals surface area contributed by atoms with Crippen LogP contribution in [0.5, 0.6) is 0 Å². The van der Waals surface area contributed by atoms with Gasteiger partial charge in [0.05, 0.1) is 43.0 Å². The van der Waals surface area contributed by atoms with Crippen LogP contribution in [0.25, 0.3) is 0 Å². The van der Waals surface area contributed by atoms with Crippen LogP contribution < -0.4 is 15.1 Å². The van der Waals surface area contributed by atoms with Crippen molar-refractivity contribution >= 4 is 40.9 Å². The summed E-state index contributed by atoms with van der Waals surface area (Å²) < 4.78 is 13.4. The smallest absolute Gasteiger partial charge is 0.244 e. The maximum Gasteiger partial charge on any atom is 0.244 e. The van der Waals surface area contributed by atoms with E-state index in [1.165, 1.54) is 16.7 Å². The Kier molecular flexibility index (Phi) is 6.28. The maximum absolute atomic E-state index is 13.1. The van der Waals surface area contributed by atoms with Crippen LogP contribution >= 0.6 is 11.8 Å². The molecule has 10 nitrogen and oxygen atoms in total. The Labute approximate surface area is 190 Å². The SMILES string of the molecule is O=C1CN(C(=O)CSc2nnc(N3CCOCC3)n2CC2CCCO2)c2ccccc2N1. The third kappa shape index (κ3) is 4.45. The highest BCUT2D eigenvalue weighted by Gasteiger charge is 2.28. The van der Waals surface area contributed by atoms with E-state index in [0.717, 1.165) is 38.5 Å². The average molecular weight is 459 g/mol. The highest BCUT2D eigenvalue weighted by Crippen LogP contribution is 2.31. The highest BCUT2D eigenvalue weighted by atomic mass is 32.2. The molecule has 1 aromatic carbocycles. The molecule has 2 amide bonds. The standard InChI is InChI=1S/C21H26N6O4S/c28-18-13-26(17-6-2-1-5-16(17)22-18)19(29)14-32-21-24-23-20(25-7-10-30-11-8-25)27(21)12-15-4-3-9-31-15/h1-2,5-6,15H,3-4,7-14H2,(H,22,28). The van der Waals surface area contributed by atoms with Gasteiger partial charge in [-0.1, -0.05) is 23.9 Å². The van der Waals surface area contributed by atoms with Crippen molar-refractivity contribution in [1.82, 2.24) is 14.8 Å². The topological polar surface area (TPSA) is 102 Å². The van der Waals surface area contributed by atoms with E-state index in [1.807, 2.05) is 18.2 Å². The fraction of sp³-hybridized carbons (Fsp3) is 0.524. The van der Waals surface area contributed by atoms with Crippen molar-refractivity contribution in [3.63, 3.8) is 0 Å². The van der Waals surface area contributed by atoms with Gasteiger partial charge >= 0.3 is 0 Å². The average Bonchev–Trinajstić information content (AvgIpc) is 3.48. The highest BCUT2D eigenvalue weighted by molar-refractivity contribution is 7.99. The van der Waals surface area contributed by atoms with Crippen molar-refractivity contribution < 1.29 is 19.1 Å². The molecule has 1 aromatic heterocycles. The summed E-state index contributed by atoms with van der Waals surface area (Å²) in [5.74, 6) is 0.616. The van der Waals surface area contributed by atoms with Crippen molar-refractivity contribution in [3.05, 3.63) is 24.3 Å². The first kappa shape index (κ1) is 21.2. The van der Waals surface area contributed by atoms with Crippen LogP contribution in [0.15, 0.2) is 29.4 Å². The molecule has 5 rings (SSSR count). The minimum absolute atomic E-state index is 0.0119. The molecule has 0 radical (unpaired) electrons. The van der Waals surface area contributed by atoms with Gasteiger partial charge in [-0.25, -0.2) is 0 Å². The van der Waals surface area contributed by atoms with Gasteiger partial charge in [0.2, 0.25) is 17.8 Å². The normalized spacial score (nSPS) is 20.9. The third-order valence-electron chi connectivity index (χ3n) is 5.80. The quantitative estimate of drug-likeness (QED) is 0.648. The predicted molar refractivity (Wildman–Crippen MR) is 120 cm³/mol. The molecular formula is C21H26N6O4S. The largest absolute Gasteiger partial charge is 0.378 e. The van der Waals surface area contributed by atoms with Gasteiger partial charge in [-0.2, -0.15) is 0 Å². The molecule has 1 atom stereocenters. The predicted octanol–water partition coefficient (Wildman–Crippen LogP) is 1.37. The Balaban J connectivity index is 1.33. The molecule has 0 spiro atoms. The Morgan fingerprint density at radius 2 is 2.03 bits per heavy atom. The lowest BCUT2D eigenvalue weighted by atomic mass is 10.2. The van der Waals surface area contributed by atoms with Crippen LogP contribution in [-0.2, 0) is 25.6 Å². The number of carbonyl (C=O) groups is 2. The van der Waals surface area contributed by atoms with Crippen molar-refractivity contribution in [2.24, 2.45) is 0 Å². The molecule has 2 aromatic rings. The molecule has 0 aliphatic carbocycles. The van der Waals surface area contributed by atoms with E-state index < -0.39 is 0 Å². The summed E-state index contributed by atoms with van der Waals surface area (Å²) in [6, 6.07) is 7.33. The van der Waals surface area contributed by atoms with Crippen molar-refractivity contribution in [2.75, 3.05) is 60.3 Å². The fourth-order valence-electron chi connectivity index (χ4n) is 4.20. The van der Waals surface area contributed by atoms with Gasteiger partial charge in [0.1, 0.15) is 6.54 Å². The number of carbonyl (C=O) groups excluding carboxylic acids is 2. The third-order valence-corrected chi connectivity index (χ3v) is 6.75. The molecule has 0 saturated carbocycles. The number of nitrogens with one attached hydrogen (secondary N) is 1. The number of ether oxygens (including phenoxy) is 2. The molecule has 1 N–H and O–H groups in total. The monoisotopic (exact) mass is 458 g/mol. The van der Waals surface area contributed by atoms with Gasteiger partial charge < -0.3 is 24.6 Å². The molecular weight excluding hydrogens is 432 g/mol. The lowest BCUT2D eigenvalue weighted by Crippen LogP contribution is -2.43. The fourth-order valence-corrected chi connectivity index (χ4v) is 5.02. The van der Waals surface area contributed by atoms with E-state index in [2.05, 4.69) is 25.0 Å². The molecule has 170 valence electrons. The number of thioether (sulfide) groups is 1. The molecule has 0 bridgehead atoms. The number of benzene rings is 1. The first-order chi connectivity index (χ1) is 15.7. The molecule has 4 heterocycles. The second kappa shape index (κ2) is 9.47. The summed E-state index contributed by atoms with van der Waals surface area (Å²) in [5.41, 5.74) is 1.37. The lowest BCUT2D eigenvalue weighted by Gasteiger charge is -2.29. The van der Waals surface area contributed by atoms with E-state index in [0.29, 0.717) is 36.3 Å². The number of nitrogens with zero attached hydrogens (tertiary/aromatic N) is 5. The van der Waals surface area contributed by atoms with Crippen LogP contribution in [0.4, 0.5) is 17.3 Å². The summed E-state index contributed by atoms with van der Waals surface area (Å²) >= 11 is 1.35. The van der Waals surface area contributed by atoms with Crippen molar-refractivity contribution in [2.45, 2.75) is 30.6 Å². The van der Waals surface area contributed by atoms with E-state index >= 15 is 0 Å². The Bertz CT molecular complexity index is 986. The van der Waals surface area contributed by atoms with Crippen LogP contribution in [0, 0.1) is 0 Å². The number of para-hydroxylation sites is 2. The summed E-state index contributed by atoms with van der Waals surface area (Å²) in [6.07, 6.45) is 2.18. The number of fused-ring (bicyclic) bond motifs is 1. The molecule has 2 saturated heterocycles. The second-order valence-electron chi connectivity index (χ2n) is 7.96. The number of hydrogen-bond acceptors (Lipinski definition) is 8. The summed E-state index contributed by atoms with van der Waals surface area (Å²) in [6.45, 7) is 4.27. The van der Waals surface area contributed by atoms with Gasteiger partial charge in [-0.3, -0.25) is 14.2 Å². The first-order valence-electron chi connectivity index (χ1n) is 10.9. The first-order valence-corrected chi connectivity index (χ1v) is 11.9. The number of anilines is 3. The summed E-state index contributed by atoms with van der Waals surface area (Å²) in [4.78, 5) is 28.8. The molecule has 3 aliphatic rings. The second-order valence-corrected chi connectivity index (χ2v) is 8.90. The zero-order valence-electron chi connectivity index (χ0n) is 17.7. The Morgan fingerprint density at radius 1 is 1.19 bits per heavy atom. The number of aromatic nitrogens is 3. The molecule has 1 unspecified atom stereocenters. The Hall–Kier alpha value is -2.63. The lowest BCUT2D eigenvalue weighted by molar-refractivity contribution is -0.120. The van der Waals surface area contributed by atoms with Gasteiger partial charge in [-0.05, 0) is 25.0 Å². The molecule has 3 aliphatic heterocycles. The molecule has 32 heavy (non-hydrogen) atoms. The Morgan fingerprint density at radius 3 is 2.84 bits per heavy atom.